The molecule has 0 amide bonds. The molecule has 0 bridgehead atoms. The molecule has 1 aliphatic rings. The maximum Gasteiger partial charge on any atom is 0.335 e. The molecule has 21 heavy (non-hydrogen) atoms. The van der Waals surface area contributed by atoms with Crippen molar-refractivity contribution in [1.82, 2.24) is 4.72 Å². The van der Waals surface area contributed by atoms with Crippen molar-refractivity contribution < 1.29 is 23.4 Å². The lowest BCUT2D eigenvalue weighted by atomic mass is 9.94. The highest BCUT2D eigenvalue weighted by Crippen LogP contribution is 2.22. The quantitative estimate of drug-likeness (QED) is 0.776. The fourth-order valence-corrected chi connectivity index (χ4v) is 4.13. The van der Waals surface area contributed by atoms with Gasteiger partial charge in [0, 0.05) is 6.04 Å². The minimum absolute atomic E-state index is 0.0255. The highest BCUT2D eigenvalue weighted by molar-refractivity contribution is 7.89. The van der Waals surface area contributed by atoms with Crippen LogP contribution in [-0.2, 0) is 10.0 Å². The van der Waals surface area contributed by atoms with E-state index in [9.17, 15) is 18.3 Å². The first kappa shape index (κ1) is 15.9. The number of hydrogen-bond donors (Lipinski definition) is 3. The Morgan fingerprint density at radius 1 is 1.33 bits per heavy atom. The Hall–Kier alpha value is -1.44. The SMILES string of the molecule is Cc1ccc(C(=O)O)cc1S(=O)(=O)NC1CCCC(O)C1. The number of carboxylic acids is 1. The molecule has 2 atom stereocenters. The van der Waals surface area contributed by atoms with Gasteiger partial charge >= 0.3 is 5.97 Å². The third-order valence-corrected chi connectivity index (χ3v) is 5.36. The summed E-state index contributed by atoms with van der Waals surface area (Å²) in [5.41, 5.74) is 0.425. The number of rotatable bonds is 4. The number of carbonyl (C=O) groups is 1. The molecule has 0 radical (unpaired) electrons. The average molecular weight is 313 g/mol. The van der Waals surface area contributed by atoms with E-state index >= 15 is 0 Å². The lowest BCUT2D eigenvalue weighted by molar-refractivity contribution is 0.0696. The van der Waals surface area contributed by atoms with Gasteiger partial charge in [0.1, 0.15) is 0 Å². The van der Waals surface area contributed by atoms with Crippen molar-refractivity contribution in [3.8, 4) is 0 Å². The Labute approximate surface area is 123 Å². The zero-order valence-corrected chi connectivity index (χ0v) is 12.6. The number of sulfonamides is 1. The molecule has 0 saturated heterocycles. The topological polar surface area (TPSA) is 104 Å². The molecular formula is C14H19NO5S. The molecule has 1 aromatic carbocycles. The highest BCUT2D eigenvalue weighted by Gasteiger charge is 2.26. The standard InChI is InChI=1S/C14H19NO5S/c1-9-5-6-10(14(17)18)7-13(9)21(19,20)15-11-3-2-4-12(16)8-11/h5-7,11-12,15-16H,2-4,8H2,1H3,(H,17,18). The van der Waals surface area contributed by atoms with Gasteiger partial charge in [0.2, 0.25) is 10.0 Å². The first-order chi connectivity index (χ1) is 9.79. The van der Waals surface area contributed by atoms with E-state index in [0.29, 0.717) is 24.8 Å². The Balaban J connectivity index is 2.26. The second kappa shape index (κ2) is 6.13. The first-order valence-electron chi connectivity index (χ1n) is 6.84. The number of aliphatic hydroxyl groups is 1. The molecule has 1 aromatic rings. The van der Waals surface area contributed by atoms with Gasteiger partial charge in [-0.1, -0.05) is 6.07 Å². The summed E-state index contributed by atoms with van der Waals surface area (Å²) in [7, 11) is -3.79. The summed E-state index contributed by atoms with van der Waals surface area (Å²) in [6.45, 7) is 1.62. The predicted octanol–water partition coefficient (Wildman–Crippen LogP) is 1.28. The molecular weight excluding hydrogens is 294 g/mol. The second-order valence-electron chi connectivity index (χ2n) is 5.42. The number of aliphatic hydroxyl groups excluding tert-OH is 1. The third-order valence-electron chi connectivity index (χ3n) is 3.69. The summed E-state index contributed by atoms with van der Waals surface area (Å²) in [4.78, 5) is 11.0. The van der Waals surface area contributed by atoms with E-state index in [1.54, 1.807) is 6.92 Å². The predicted molar refractivity (Wildman–Crippen MR) is 76.7 cm³/mol. The van der Waals surface area contributed by atoms with Gasteiger partial charge in [-0.25, -0.2) is 17.9 Å². The highest BCUT2D eigenvalue weighted by atomic mass is 32.2. The average Bonchev–Trinajstić information content (AvgIpc) is 2.38. The van der Waals surface area contributed by atoms with Crippen LogP contribution in [0.25, 0.3) is 0 Å². The van der Waals surface area contributed by atoms with Crippen molar-refractivity contribution in [1.29, 1.82) is 0 Å². The Kier molecular flexibility index (Phi) is 4.65. The second-order valence-corrected chi connectivity index (χ2v) is 7.11. The van der Waals surface area contributed by atoms with Crippen molar-refractivity contribution in [3.05, 3.63) is 29.3 Å². The summed E-state index contributed by atoms with van der Waals surface area (Å²) in [6.07, 6.45) is 2.02. The van der Waals surface area contributed by atoms with Crippen LogP contribution in [0, 0.1) is 6.92 Å². The van der Waals surface area contributed by atoms with Gasteiger partial charge in [0.25, 0.3) is 0 Å². The normalized spacial score (nSPS) is 23.0. The van der Waals surface area contributed by atoms with E-state index in [-0.39, 0.29) is 16.5 Å². The number of nitrogens with one attached hydrogen (secondary N) is 1. The molecule has 6 nitrogen and oxygen atoms in total. The Morgan fingerprint density at radius 3 is 2.67 bits per heavy atom. The minimum Gasteiger partial charge on any atom is -0.478 e. The van der Waals surface area contributed by atoms with Crippen molar-refractivity contribution >= 4 is 16.0 Å². The number of hydrogen-bond acceptors (Lipinski definition) is 4. The van der Waals surface area contributed by atoms with Crippen molar-refractivity contribution in [2.75, 3.05) is 0 Å². The smallest absolute Gasteiger partial charge is 0.335 e. The van der Waals surface area contributed by atoms with Crippen molar-refractivity contribution in [2.24, 2.45) is 0 Å². The first-order valence-corrected chi connectivity index (χ1v) is 8.32. The maximum absolute atomic E-state index is 12.4. The molecule has 116 valence electrons. The van der Waals surface area contributed by atoms with E-state index in [0.717, 1.165) is 6.42 Å². The van der Waals surface area contributed by atoms with Crippen LogP contribution < -0.4 is 4.72 Å². The van der Waals surface area contributed by atoms with Crippen LogP contribution in [-0.4, -0.2) is 36.7 Å². The molecule has 3 N–H and O–H groups in total. The molecule has 2 unspecified atom stereocenters. The number of carboxylic acid groups (broad SMARTS) is 1. The molecule has 2 rings (SSSR count). The molecule has 0 heterocycles. The van der Waals surface area contributed by atoms with E-state index in [4.69, 9.17) is 5.11 Å². The molecule has 0 aliphatic heterocycles. The van der Waals surface area contributed by atoms with Crippen LogP contribution in [0.5, 0.6) is 0 Å². The van der Waals surface area contributed by atoms with Gasteiger partial charge in [-0.15, -0.1) is 0 Å². The zero-order valence-electron chi connectivity index (χ0n) is 11.7. The van der Waals surface area contributed by atoms with Crippen LogP contribution in [0.1, 0.15) is 41.6 Å². The minimum atomic E-state index is -3.79. The summed E-state index contributed by atoms with van der Waals surface area (Å²) in [5.74, 6) is -1.17. The molecule has 1 aliphatic carbocycles. The lowest BCUT2D eigenvalue weighted by Crippen LogP contribution is -2.39. The van der Waals surface area contributed by atoms with Crippen molar-refractivity contribution in [3.63, 3.8) is 0 Å². The van der Waals surface area contributed by atoms with E-state index in [1.807, 2.05) is 0 Å². The summed E-state index contributed by atoms with van der Waals surface area (Å²) < 4.78 is 27.4. The van der Waals surface area contributed by atoms with Crippen LogP contribution >= 0.6 is 0 Å². The summed E-state index contributed by atoms with van der Waals surface area (Å²) in [5, 5.41) is 18.6. The third kappa shape index (κ3) is 3.81. The van der Waals surface area contributed by atoms with Crippen molar-refractivity contribution in [2.45, 2.75) is 49.6 Å². The van der Waals surface area contributed by atoms with Crippen LogP contribution in [0.3, 0.4) is 0 Å². The fraction of sp³-hybridized carbons (Fsp3) is 0.500. The molecule has 7 heteroatoms. The number of aryl methyl sites for hydroxylation is 1. The fourth-order valence-electron chi connectivity index (χ4n) is 2.58. The number of aromatic carboxylic acids is 1. The monoisotopic (exact) mass is 313 g/mol. The molecule has 1 saturated carbocycles. The van der Waals surface area contributed by atoms with Gasteiger partial charge in [-0.05, 0) is 50.3 Å². The molecule has 0 aromatic heterocycles. The number of benzene rings is 1. The lowest BCUT2D eigenvalue weighted by Gasteiger charge is -2.26. The van der Waals surface area contributed by atoms with E-state index in [1.165, 1.54) is 18.2 Å². The van der Waals surface area contributed by atoms with Gasteiger partial charge < -0.3 is 10.2 Å². The zero-order chi connectivity index (χ0) is 15.6. The van der Waals surface area contributed by atoms with Gasteiger partial charge in [-0.2, -0.15) is 0 Å². The van der Waals surface area contributed by atoms with Gasteiger partial charge in [0.15, 0.2) is 0 Å². The Bertz CT molecular complexity index is 641. The summed E-state index contributed by atoms with van der Waals surface area (Å²) >= 11 is 0. The van der Waals surface area contributed by atoms with Crippen LogP contribution in [0.4, 0.5) is 0 Å². The summed E-state index contributed by atoms with van der Waals surface area (Å²) in [6, 6.07) is 3.71. The Morgan fingerprint density at radius 2 is 2.05 bits per heavy atom. The van der Waals surface area contributed by atoms with E-state index < -0.39 is 22.1 Å². The molecule has 0 spiro atoms. The molecule has 1 fully saturated rings. The van der Waals surface area contributed by atoms with Crippen LogP contribution in [0.2, 0.25) is 0 Å². The van der Waals surface area contributed by atoms with E-state index in [2.05, 4.69) is 4.72 Å². The van der Waals surface area contributed by atoms with Gasteiger partial charge in [0.05, 0.1) is 16.6 Å². The van der Waals surface area contributed by atoms with Gasteiger partial charge in [-0.3, -0.25) is 0 Å². The maximum atomic E-state index is 12.4. The van der Waals surface area contributed by atoms with Crippen LogP contribution in [0.15, 0.2) is 23.1 Å². The largest absolute Gasteiger partial charge is 0.478 e.